The molecule has 1 aromatic heterocycles. The zero-order valence-electron chi connectivity index (χ0n) is 13.7. The van der Waals surface area contributed by atoms with Crippen LogP contribution in [0.5, 0.6) is 0 Å². The first-order valence-electron chi connectivity index (χ1n) is 7.83. The second-order valence-corrected chi connectivity index (χ2v) is 7.99. The van der Waals surface area contributed by atoms with E-state index in [1.54, 1.807) is 18.3 Å². The predicted molar refractivity (Wildman–Crippen MR) is 95.4 cm³/mol. The van der Waals surface area contributed by atoms with Crippen LogP contribution in [-0.2, 0) is 26.1 Å². The average Bonchev–Trinajstić information content (AvgIpc) is 3.09. The van der Waals surface area contributed by atoms with Gasteiger partial charge in [0.2, 0.25) is 0 Å². The van der Waals surface area contributed by atoms with Gasteiger partial charge < -0.3 is 9.47 Å². The number of pyridine rings is 1. The summed E-state index contributed by atoms with van der Waals surface area (Å²) in [5, 5.41) is 0.333. The first kappa shape index (κ1) is 18.1. The first-order valence-corrected chi connectivity index (χ1v) is 9.69. The first-order chi connectivity index (χ1) is 12.0. The van der Waals surface area contributed by atoms with Crippen LogP contribution in [0.15, 0.2) is 41.4 Å². The fourth-order valence-corrected chi connectivity index (χ4v) is 4.19. The maximum Gasteiger partial charge on any atom is 0.263 e. The van der Waals surface area contributed by atoms with E-state index in [1.165, 1.54) is 19.2 Å². The highest BCUT2D eigenvalue weighted by Crippen LogP contribution is 2.27. The van der Waals surface area contributed by atoms with Crippen LogP contribution in [0.2, 0.25) is 5.02 Å². The third-order valence-electron chi connectivity index (χ3n) is 3.98. The monoisotopic (exact) mass is 382 g/mol. The lowest BCUT2D eigenvalue weighted by molar-refractivity contribution is 0.184. The molecule has 25 heavy (non-hydrogen) atoms. The Morgan fingerprint density at radius 3 is 2.92 bits per heavy atom. The lowest BCUT2D eigenvalue weighted by Gasteiger charge is -2.12. The van der Waals surface area contributed by atoms with E-state index in [-0.39, 0.29) is 23.2 Å². The van der Waals surface area contributed by atoms with Crippen LogP contribution in [0.25, 0.3) is 0 Å². The van der Waals surface area contributed by atoms with E-state index in [9.17, 15) is 8.42 Å². The number of methoxy groups -OCH3 is 1. The summed E-state index contributed by atoms with van der Waals surface area (Å²) in [6, 6.07) is 8.23. The number of hydrogen-bond acceptors (Lipinski definition) is 5. The molecule has 2 heterocycles. The fourth-order valence-electron chi connectivity index (χ4n) is 2.78. The van der Waals surface area contributed by atoms with Gasteiger partial charge in [0, 0.05) is 30.9 Å². The number of hydrogen-bond donors (Lipinski definition) is 1. The van der Waals surface area contributed by atoms with Crippen molar-refractivity contribution in [3.63, 3.8) is 0 Å². The largest absolute Gasteiger partial charge is 0.381 e. The molecule has 134 valence electrons. The summed E-state index contributed by atoms with van der Waals surface area (Å²) >= 11 is 6.03. The molecular formula is C17H19ClN2O4S. The third-order valence-corrected chi connectivity index (χ3v) is 5.53. The van der Waals surface area contributed by atoms with Crippen molar-refractivity contribution in [2.45, 2.75) is 23.8 Å². The maximum atomic E-state index is 12.7. The highest BCUT2D eigenvalue weighted by molar-refractivity contribution is 7.92. The Morgan fingerprint density at radius 2 is 2.20 bits per heavy atom. The number of nitrogens with one attached hydrogen (secondary N) is 1. The normalized spacial score (nSPS) is 17.6. The van der Waals surface area contributed by atoms with Crippen LogP contribution in [0, 0.1) is 0 Å². The van der Waals surface area contributed by atoms with Crippen molar-refractivity contribution in [2.75, 3.05) is 25.0 Å². The number of ether oxygens (including phenoxy) is 2. The van der Waals surface area contributed by atoms with E-state index >= 15 is 0 Å². The predicted octanol–water partition coefficient (Wildman–Crippen LogP) is 3.19. The standard InChI is InChI=1S/C17H19ClN2O4S/c1-23-10-12-6-15(18)9-16(7-12)25(21,22)20-17-8-13(2-4-19-17)14-3-5-24-11-14/h2,4,6-9,14H,3,5,10-11H2,1H3,(H,19,20). The maximum absolute atomic E-state index is 12.7. The molecule has 3 rings (SSSR count). The topological polar surface area (TPSA) is 77.5 Å². The van der Waals surface area contributed by atoms with E-state index in [0.29, 0.717) is 17.2 Å². The molecule has 1 aliphatic heterocycles. The Morgan fingerprint density at radius 1 is 1.36 bits per heavy atom. The molecule has 0 aliphatic carbocycles. The van der Waals surface area contributed by atoms with Gasteiger partial charge in [-0.05, 0) is 47.9 Å². The molecule has 8 heteroatoms. The van der Waals surface area contributed by atoms with Crippen molar-refractivity contribution in [1.82, 2.24) is 4.98 Å². The van der Waals surface area contributed by atoms with Crippen LogP contribution >= 0.6 is 11.6 Å². The SMILES string of the molecule is COCc1cc(Cl)cc(S(=O)(=O)Nc2cc(C3CCOC3)ccn2)c1. The lowest BCUT2D eigenvalue weighted by atomic mass is 10.00. The number of aromatic nitrogens is 1. The van der Waals surface area contributed by atoms with Crippen molar-refractivity contribution in [1.29, 1.82) is 0 Å². The highest BCUT2D eigenvalue weighted by Gasteiger charge is 2.20. The van der Waals surface area contributed by atoms with Gasteiger partial charge in [-0.3, -0.25) is 4.72 Å². The van der Waals surface area contributed by atoms with Crippen molar-refractivity contribution < 1.29 is 17.9 Å². The summed E-state index contributed by atoms with van der Waals surface area (Å²) in [5.41, 5.74) is 1.69. The Labute approximate surface area is 152 Å². The average molecular weight is 383 g/mol. The number of sulfonamides is 1. The van der Waals surface area contributed by atoms with E-state index in [4.69, 9.17) is 21.1 Å². The van der Waals surface area contributed by atoms with Gasteiger partial charge >= 0.3 is 0 Å². The molecule has 2 aromatic rings. The summed E-state index contributed by atoms with van der Waals surface area (Å²) in [4.78, 5) is 4.19. The summed E-state index contributed by atoms with van der Waals surface area (Å²) in [7, 11) is -2.26. The highest BCUT2D eigenvalue weighted by atomic mass is 35.5. The van der Waals surface area contributed by atoms with Gasteiger partial charge in [0.25, 0.3) is 10.0 Å². The number of halogens is 1. The molecule has 0 amide bonds. The zero-order chi connectivity index (χ0) is 17.9. The zero-order valence-corrected chi connectivity index (χ0v) is 15.3. The molecule has 6 nitrogen and oxygen atoms in total. The lowest BCUT2D eigenvalue weighted by Crippen LogP contribution is -2.15. The molecule has 1 aromatic carbocycles. The molecule has 1 unspecified atom stereocenters. The van der Waals surface area contributed by atoms with Crippen LogP contribution in [0.1, 0.15) is 23.5 Å². The number of nitrogens with zero attached hydrogens (tertiary/aromatic N) is 1. The summed E-state index contributed by atoms with van der Waals surface area (Å²) < 4.78 is 38.3. The van der Waals surface area contributed by atoms with E-state index in [1.807, 2.05) is 6.07 Å². The molecule has 0 bridgehead atoms. The van der Waals surface area contributed by atoms with Crippen LogP contribution < -0.4 is 4.72 Å². The van der Waals surface area contributed by atoms with Gasteiger partial charge in [-0.2, -0.15) is 0 Å². The summed E-state index contributed by atoms with van der Waals surface area (Å²) in [6.45, 7) is 1.64. The van der Waals surface area contributed by atoms with Crippen LogP contribution in [0.4, 0.5) is 5.82 Å². The molecule has 1 saturated heterocycles. The number of benzene rings is 1. The molecule has 0 spiro atoms. The second kappa shape index (κ2) is 7.70. The van der Waals surface area contributed by atoms with E-state index < -0.39 is 10.0 Å². The summed E-state index contributed by atoms with van der Waals surface area (Å²) in [5.74, 6) is 0.545. The minimum absolute atomic E-state index is 0.0726. The molecule has 0 saturated carbocycles. The van der Waals surface area contributed by atoms with Gasteiger partial charge in [-0.15, -0.1) is 0 Å². The smallest absolute Gasteiger partial charge is 0.263 e. The molecule has 1 atom stereocenters. The third kappa shape index (κ3) is 4.49. The van der Waals surface area contributed by atoms with Gasteiger partial charge in [0.1, 0.15) is 5.82 Å². The van der Waals surface area contributed by atoms with Gasteiger partial charge in [-0.25, -0.2) is 13.4 Å². The number of rotatable bonds is 6. The van der Waals surface area contributed by atoms with Crippen molar-refractivity contribution >= 4 is 27.4 Å². The molecular weight excluding hydrogens is 364 g/mol. The van der Waals surface area contributed by atoms with Crippen LogP contribution in [0.3, 0.4) is 0 Å². The summed E-state index contributed by atoms with van der Waals surface area (Å²) in [6.07, 6.45) is 2.52. The van der Waals surface area contributed by atoms with E-state index in [2.05, 4.69) is 9.71 Å². The minimum Gasteiger partial charge on any atom is -0.381 e. The Balaban J connectivity index is 1.85. The van der Waals surface area contributed by atoms with Crippen molar-refractivity contribution in [3.8, 4) is 0 Å². The Bertz CT molecular complexity index is 851. The molecule has 1 fully saturated rings. The van der Waals surface area contributed by atoms with Crippen molar-refractivity contribution in [3.05, 3.63) is 52.7 Å². The Hall–Kier alpha value is -1.67. The van der Waals surface area contributed by atoms with E-state index in [0.717, 1.165) is 18.6 Å². The van der Waals surface area contributed by atoms with Crippen molar-refractivity contribution in [2.24, 2.45) is 0 Å². The quantitative estimate of drug-likeness (QED) is 0.830. The van der Waals surface area contributed by atoms with Crippen LogP contribution in [-0.4, -0.2) is 33.7 Å². The molecule has 1 N–H and O–H groups in total. The van der Waals surface area contributed by atoms with Gasteiger partial charge in [0.05, 0.1) is 18.1 Å². The van der Waals surface area contributed by atoms with Gasteiger partial charge in [0.15, 0.2) is 0 Å². The fraction of sp³-hybridized carbons (Fsp3) is 0.353. The minimum atomic E-state index is -3.80. The molecule has 0 radical (unpaired) electrons. The second-order valence-electron chi connectivity index (χ2n) is 5.87. The molecule has 1 aliphatic rings. The number of anilines is 1. The van der Waals surface area contributed by atoms with Gasteiger partial charge in [-0.1, -0.05) is 11.6 Å². The Kier molecular flexibility index (Phi) is 5.58.